The number of esters is 1. The molecule has 4 aliphatic heterocycles. The summed E-state index contributed by atoms with van der Waals surface area (Å²) in [5.74, 6) is -1.63. The van der Waals surface area contributed by atoms with E-state index in [2.05, 4.69) is 41.2 Å². The predicted molar refractivity (Wildman–Crippen MR) is 259 cm³/mol. The van der Waals surface area contributed by atoms with Gasteiger partial charge in [-0.05, 0) is 143 Å². The fourth-order valence-corrected chi connectivity index (χ4v) is 17.2. The van der Waals surface area contributed by atoms with Crippen LogP contribution in [0.15, 0.2) is 12.2 Å². The highest BCUT2D eigenvalue weighted by molar-refractivity contribution is 5.78. The number of allylic oxidation sites excluding steroid dienone is 1. The molecule has 30 atom stereocenters. The topological polar surface area (TPSA) is 331 Å². The Morgan fingerprint density at radius 3 is 1.60 bits per heavy atom. The van der Waals surface area contributed by atoms with E-state index in [1.54, 1.807) is 6.92 Å². The predicted octanol–water partition coefficient (Wildman–Crippen LogP) is 0.996. The normalized spacial score (nSPS) is 55.6. The largest absolute Gasteiger partial charge is 0.479 e. The molecule has 75 heavy (non-hydrogen) atoms. The number of carboxylic acids is 1. The number of aliphatic hydroxyl groups excluding tert-OH is 10. The number of aliphatic hydroxyl groups is 10. The van der Waals surface area contributed by atoms with Gasteiger partial charge in [-0.3, -0.25) is 4.79 Å². The van der Waals surface area contributed by atoms with Gasteiger partial charge in [0.05, 0.1) is 29.8 Å². The van der Waals surface area contributed by atoms with E-state index in [0.29, 0.717) is 25.7 Å². The van der Waals surface area contributed by atoms with Gasteiger partial charge in [0.1, 0.15) is 73.2 Å². The number of aliphatic carboxylic acids is 1. The summed E-state index contributed by atoms with van der Waals surface area (Å²) in [7, 11) is 0. The van der Waals surface area contributed by atoms with Crippen LogP contribution < -0.4 is 0 Å². The third kappa shape index (κ3) is 9.09. The summed E-state index contributed by atoms with van der Waals surface area (Å²) in [6.07, 6.45) is -25.1. The first kappa shape index (κ1) is 57.7. The second-order valence-electron chi connectivity index (χ2n) is 25.7. The van der Waals surface area contributed by atoms with Gasteiger partial charge in [0.15, 0.2) is 25.0 Å². The van der Waals surface area contributed by atoms with Gasteiger partial charge in [0.2, 0.25) is 6.29 Å². The molecule has 428 valence electrons. The van der Waals surface area contributed by atoms with Gasteiger partial charge >= 0.3 is 11.9 Å². The van der Waals surface area contributed by atoms with Gasteiger partial charge in [-0.25, -0.2) is 4.79 Å². The van der Waals surface area contributed by atoms with E-state index in [-0.39, 0.29) is 45.8 Å². The average molecular weight is 1070 g/mol. The number of rotatable bonds is 10. The van der Waals surface area contributed by atoms with Gasteiger partial charge in [-0.2, -0.15) is 0 Å². The van der Waals surface area contributed by atoms with E-state index in [1.807, 2.05) is 6.92 Å². The highest BCUT2D eigenvalue weighted by Gasteiger charge is 2.73. The lowest BCUT2D eigenvalue weighted by atomic mass is 9.32. The van der Waals surface area contributed by atoms with Crippen molar-refractivity contribution in [1.29, 1.82) is 0 Å². The molecule has 21 heteroatoms. The smallest absolute Gasteiger partial charge is 0.335 e. The summed E-state index contributed by atoms with van der Waals surface area (Å²) in [5, 5.41) is 119. The SMILES string of the molecule is C=C(C)[C@@H]1CC[C@]2(C(=O)O[C@@H]3O[C@@H](C)[C@H](O)[C@@H](O)[C@H]3O)CC[C@]3(C)[C@H](CC[C@@H]4[C@@]5(C)CC[C@H](O[C@@H]6O[C@H](C(=O)O)[C@@H](O)[C@H](O[C@@H]7O[C@@H](C)[C@H](O)[C@@H](O)[C@H]7O)[C@H]6O[C@@H]6O[C@@H](C)[C@H](O)[C@@H](O)[C@H]6O)C(C)(C)[C@@H]5CC[C@]43C)[C@H]12. The molecule has 21 nitrogen and oxygen atoms in total. The Hall–Kier alpha value is -2.00. The van der Waals surface area contributed by atoms with Crippen molar-refractivity contribution in [3.8, 4) is 0 Å². The van der Waals surface area contributed by atoms with Crippen LogP contribution in [0.3, 0.4) is 0 Å². The Kier molecular flexibility index (Phi) is 15.8. The lowest BCUT2D eigenvalue weighted by Gasteiger charge is -2.73. The number of fused-ring (bicyclic) bond motifs is 7. The van der Waals surface area contributed by atoms with Gasteiger partial charge in [0.25, 0.3) is 0 Å². The highest BCUT2D eigenvalue weighted by atomic mass is 16.8. The molecule has 5 saturated carbocycles. The Bertz CT molecular complexity index is 2110. The Labute approximate surface area is 438 Å². The summed E-state index contributed by atoms with van der Waals surface area (Å²) >= 11 is 0. The molecular formula is C54H86O21. The van der Waals surface area contributed by atoms with Crippen LogP contribution in [0.25, 0.3) is 0 Å². The van der Waals surface area contributed by atoms with Crippen LogP contribution in [0.2, 0.25) is 0 Å². The maximum absolute atomic E-state index is 14.8. The summed E-state index contributed by atoms with van der Waals surface area (Å²) in [6.45, 7) is 22.4. The van der Waals surface area contributed by atoms with Crippen molar-refractivity contribution in [1.82, 2.24) is 0 Å². The zero-order valence-corrected chi connectivity index (χ0v) is 44.8. The number of carbonyl (C=O) groups is 2. The average Bonchev–Trinajstić information content (AvgIpc) is 3.76. The van der Waals surface area contributed by atoms with E-state index in [9.17, 15) is 65.8 Å². The van der Waals surface area contributed by atoms with Crippen molar-refractivity contribution in [2.24, 2.45) is 56.7 Å². The molecule has 9 aliphatic rings. The van der Waals surface area contributed by atoms with Crippen molar-refractivity contribution in [3.05, 3.63) is 12.2 Å². The zero-order chi connectivity index (χ0) is 55.0. The first-order chi connectivity index (χ1) is 35.0. The van der Waals surface area contributed by atoms with E-state index >= 15 is 0 Å². The molecule has 0 aromatic heterocycles. The minimum Gasteiger partial charge on any atom is -0.479 e. The Morgan fingerprint density at radius 1 is 0.520 bits per heavy atom. The molecule has 5 aliphatic carbocycles. The lowest BCUT2D eigenvalue weighted by molar-refractivity contribution is -0.394. The van der Waals surface area contributed by atoms with Crippen LogP contribution in [0, 0.1) is 56.7 Å². The standard InChI is InChI=1S/C54H86O21/c1-21(2)25-13-18-54(49(67)75-47-39(63)36(60)33(57)24(5)70-47)20-19-52(9)26(30(25)54)11-12-28-51(8)16-15-29(50(6,7)27(51)14-17-53(28,52)10)71-48-43(74-46-38(62)35(59)32(56)23(4)69-46)41(40(64)42(73-48)44(65)66)72-45-37(61)34(58)31(55)22(3)68-45/h22-43,45-48,55-64H,1,11-20H2,2-10H3,(H,65,66)/t22-,23-,24-,25-,26+,27-,28+,29-,30-,31-,32-,33-,34+,35+,36+,37+,38+,39+,40-,41-,42-,43+,45-,46-,47-,48+,51-,52+,53+,54-/m0/s1. The molecule has 0 bridgehead atoms. The van der Waals surface area contributed by atoms with Crippen LogP contribution in [0.5, 0.6) is 0 Å². The summed E-state index contributed by atoms with van der Waals surface area (Å²) in [4.78, 5) is 27.6. The molecule has 4 saturated heterocycles. The molecular weight excluding hydrogens is 985 g/mol. The van der Waals surface area contributed by atoms with Gasteiger partial charge in [-0.1, -0.05) is 46.8 Å². The van der Waals surface area contributed by atoms with Crippen LogP contribution in [0.1, 0.15) is 127 Å². The van der Waals surface area contributed by atoms with E-state index in [0.717, 1.165) is 44.1 Å². The molecule has 11 N–H and O–H groups in total. The second kappa shape index (κ2) is 20.5. The monoisotopic (exact) mass is 1070 g/mol. The van der Waals surface area contributed by atoms with E-state index in [4.69, 9.17) is 37.9 Å². The molecule has 0 aromatic rings. The number of hydrogen-bond donors (Lipinski definition) is 11. The van der Waals surface area contributed by atoms with Crippen molar-refractivity contribution in [2.45, 2.75) is 255 Å². The number of ether oxygens (including phenoxy) is 8. The van der Waals surface area contributed by atoms with Crippen LogP contribution >= 0.6 is 0 Å². The van der Waals surface area contributed by atoms with Gasteiger partial charge < -0.3 is 94.1 Å². The summed E-state index contributed by atoms with van der Waals surface area (Å²) in [5.41, 5.74) is -1.08. The van der Waals surface area contributed by atoms with Crippen LogP contribution in [-0.2, 0) is 47.5 Å². The van der Waals surface area contributed by atoms with Gasteiger partial charge in [0, 0.05) is 0 Å². The third-order valence-electron chi connectivity index (χ3n) is 21.7. The third-order valence-corrected chi connectivity index (χ3v) is 21.7. The molecule has 9 rings (SSSR count). The van der Waals surface area contributed by atoms with E-state index < -0.39 is 152 Å². The van der Waals surface area contributed by atoms with E-state index in [1.165, 1.54) is 13.8 Å². The van der Waals surface area contributed by atoms with Crippen molar-refractivity contribution in [2.75, 3.05) is 0 Å². The lowest BCUT2D eigenvalue weighted by Crippen LogP contribution is -2.69. The first-order valence-corrected chi connectivity index (χ1v) is 27.4. The molecule has 0 radical (unpaired) electrons. The Balaban J connectivity index is 0.986. The first-order valence-electron chi connectivity index (χ1n) is 27.4. The number of carboxylic acid groups (broad SMARTS) is 1. The van der Waals surface area contributed by atoms with Gasteiger partial charge in [-0.15, -0.1) is 0 Å². The Morgan fingerprint density at radius 2 is 1.05 bits per heavy atom. The number of hydrogen-bond acceptors (Lipinski definition) is 20. The highest BCUT2D eigenvalue weighted by Crippen LogP contribution is 2.78. The fraction of sp³-hybridized carbons (Fsp3) is 0.926. The molecule has 0 spiro atoms. The quantitative estimate of drug-likeness (QED) is 0.0826. The fourth-order valence-electron chi connectivity index (χ4n) is 17.2. The zero-order valence-electron chi connectivity index (χ0n) is 44.8. The van der Waals surface area contributed by atoms with Crippen LogP contribution in [-0.4, -0.2) is 197 Å². The second-order valence-corrected chi connectivity index (χ2v) is 25.7. The van der Waals surface area contributed by atoms with Crippen molar-refractivity contribution < 1.29 is 104 Å². The molecule has 0 unspecified atom stereocenters. The molecule has 0 aromatic carbocycles. The number of carbonyl (C=O) groups excluding carboxylic acids is 1. The van der Waals surface area contributed by atoms with Crippen molar-refractivity contribution in [3.63, 3.8) is 0 Å². The minimum absolute atomic E-state index is 0.0577. The molecule has 4 heterocycles. The van der Waals surface area contributed by atoms with Crippen molar-refractivity contribution >= 4 is 11.9 Å². The molecule has 9 fully saturated rings. The maximum Gasteiger partial charge on any atom is 0.335 e. The maximum atomic E-state index is 14.8. The van der Waals surface area contributed by atoms with Crippen LogP contribution in [0.4, 0.5) is 0 Å². The molecule has 0 amide bonds. The summed E-state index contributed by atoms with van der Waals surface area (Å²) < 4.78 is 48.9. The summed E-state index contributed by atoms with van der Waals surface area (Å²) in [6, 6.07) is 0. The minimum atomic E-state index is -2.04.